The number of amides is 3. The zero-order valence-corrected chi connectivity index (χ0v) is 14.5. The SMILES string of the molecule is CC(C)C[C@H](N)C(=O)N1C[C@]2(CC1C(N)=O)C(=O)Nc1ccccc12. The molecule has 1 unspecified atom stereocenters. The van der Waals surface area contributed by atoms with E-state index >= 15 is 0 Å². The number of anilines is 1. The highest BCUT2D eigenvalue weighted by Crippen LogP contribution is 2.46. The highest BCUT2D eigenvalue weighted by molar-refractivity contribution is 6.08. The van der Waals surface area contributed by atoms with Crippen molar-refractivity contribution in [3.05, 3.63) is 29.8 Å². The molecule has 0 aromatic heterocycles. The molecule has 3 amide bonds. The highest BCUT2D eigenvalue weighted by Gasteiger charge is 2.57. The van der Waals surface area contributed by atoms with Crippen LogP contribution in [-0.4, -0.2) is 41.2 Å². The summed E-state index contributed by atoms with van der Waals surface area (Å²) in [4.78, 5) is 38.9. The van der Waals surface area contributed by atoms with Crippen molar-refractivity contribution in [1.82, 2.24) is 4.90 Å². The summed E-state index contributed by atoms with van der Waals surface area (Å²) >= 11 is 0. The van der Waals surface area contributed by atoms with Crippen LogP contribution in [0.5, 0.6) is 0 Å². The number of fused-ring (bicyclic) bond motifs is 2. The predicted molar refractivity (Wildman–Crippen MR) is 93.5 cm³/mol. The minimum atomic E-state index is -0.941. The van der Waals surface area contributed by atoms with Crippen LogP contribution in [0.3, 0.4) is 0 Å². The van der Waals surface area contributed by atoms with Crippen molar-refractivity contribution in [3.8, 4) is 0 Å². The first-order valence-corrected chi connectivity index (χ1v) is 8.52. The van der Waals surface area contributed by atoms with E-state index in [-0.39, 0.29) is 30.7 Å². The minimum absolute atomic E-state index is 0.119. The lowest BCUT2D eigenvalue weighted by Gasteiger charge is -2.27. The summed E-state index contributed by atoms with van der Waals surface area (Å²) in [6.07, 6.45) is 0.696. The van der Waals surface area contributed by atoms with Gasteiger partial charge >= 0.3 is 0 Å². The maximum absolute atomic E-state index is 12.8. The number of likely N-dealkylation sites (tertiary alicyclic amines) is 1. The van der Waals surface area contributed by atoms with Crippen LogP contribution in [0.25, 0.3) is 0 Å². The number of hydrogen-bond donors (Lipinski definition) is 3. The van der Waals surface area contributed by atoms with Crippen molar-refractivity contribution < 1.29 is 14.4 Å². The van der Waals surface area contributed by atoms with Crippen molar-refractivity contribution in [3.63, 3.8) is 0 Å². The number of para-hydroxylation sites is 1. The van der Waals surface area contributed by atoms with Gasteiger partial charge in [-0.1, -0.05) is 32.0 Å². The Morgan fingerprint density at radius 1 is 1.36 bits per heavy atom. The lowest BCUT2D eigenvalue weighted by atomic mass is 9.79. The average molecular weight is 344 g/mol. The van der Waals surface area contributed by atoms with Gasteiger partial charge in [-0.15, -0.1) is 0 Å². The third-order valence-corrected chi connectivity index (χ3v) is 5.14. The third kappa shape index (κ3) is 2.78. The van der Waals surface area contributed by atoms with Crippen LogP contribution >= 0.6 is 0 Å². The Morgan fingerprint density at radius 3 is 2.68 bits per heavy atom. The van der Waals surface area contributed by atoms with E-state index in [1.165, 1.54) is 4.90 Å². The minimum Gasteiger partial charge on any atom is -0.368 e. The van der Waals surface area contributed by atoms with E-state index in [9.17, 15) is 14.4 Å². The monoisotopic (exact) mass is 344 g/mol. The summed E-state index contributed by atoms with van der Waals surface area (Å²) in [5.41, 5.74) is 12.2. The lowest BCUT2D eigenvalue weighted by Crippen LogP contribution is -2.51. The number of nitrogens with zero attached hydrogens (tertiary/aromatic N) is 1. The van der Waals surface area contributed by atoms with Crippen molar-refractivity contribution in [2.45, 2.75) is 44.2 Å². The molecule has 25 heavy (non-hydrogen) atoms. The Hall–Kier alpha value is -2.41. The second-order valence-electron chi connectivity index (χ2n) is 7.41. The lowest BCUT2D eigenvalue weighted by molar-refractivity contribution is -0.138. The van der Waals surface area contributed by atoms with Gasteiger partial charge in [0.25, 0.3) is 0 Å². The van der Waals surface area contributed by atoms with Crippen LogP contribution in [0.15, 0.2) is 24.3 Å². The van der Waals surface area contributed by atoms with Gasteiger partial charge in [0, 0.05) is 12.2 Å². The maximum Gasteiger partial charge on any atom is 0.240 e. The van der Waals surface area contributed by atoms with E-state index in [1.54, 1.807) is 0 Å². The van der Waals surface area contributed by atoms with Crippen molar-refractivity contribution in [1.29, 1.82) is 0 Å². The number of benzene rings is 1. The smallest absolute Gasteiger partial charge is 0.240 e. The Morgan fingerprint density at radius 2 is 2.04 bits per heavy atom. The fraction of sp³-hybridized carbons (Fsp3) is 0.500. The summed E-state index contributed by atoms with van der Waals surface area (Å²) in [7, 11) is 0. The summed E-state index contributed by atoms with van der Waals surface area (Å²) < 4.78 is 0. The molecule has 2 heterocycles. The number of primary amides is 1. The van der Waals surface area contributed by atoms with Crippen LogP contribution in [0, 0.1) is 5.92 Å². The number of nitrogens with one attached hydrogen (secondary N) is 1. The van der Waals surface area contributed by atoms with Crippen LogP contribution in [0.1, 0.15) is 32.3 Å². The molecule has 5 N–H and O–H groups in total. The number of rotatable bonds is 4. The zero-order valence-electron chi connectivity index (χ0n) is 14.5. The fourth-order valence-corrected chi connectivity index (χ4v) is 3.95. The van der Waals surface area contributed by atoms with Gasteiger partial charge in [0.15, 0.2) is 0 Å². The van der Waals surface area contributed by atoms with E-state index in [0.717, 1.165) is 11.3 Å². The Bertz CT molecular complexity index is 733. The molecule has 1 fully saturated rings. The fourth-order valence-electron chi connectivity index (χ4n) is 3.95. The first-order valence-electron chi connectivity index (χ1n) is 8.52. The third-order valence-electron chi connectivity index (χ3n) is 5.14. The van der Waals surface area contributed by atoms with Crippen molar-refractivity contribution >= 4 is 23.4 Å². The molecule has 2 aliphatic rings. The second kappa shape index (κ2) is 6.15. The van der Waals surface area contributed by atoms with Crippen LogP contribution < -0.4 is 16.8 Å². The molecule has 3 atom stereocenters. The molecular formula is C18H24N4O3. The molecule has 7 heteroatoms. The quantitative estimate of drug-likeness (QED) is 0.729. The normalized spacial score (nSPS) is 26.0. The summed E-state index contributed by atoms with van der Waals surface area (Å²) in [5.74, 6) is -0.892. The molecule has 2 aliphatic heterocycles. The molecule has 1 saturated heterocycles. The molecule has 0 radical (unpaired) electrons. The largest absolute Gasteiger partial charge is 0.368 e. The molecule has 0 aliphatic carbocycles. The van der Waals surface area contributed by atoms with E-state index in [2.05, 4.69) is 5.32 Å². The van der Waals surface area contributed by atoms with Gasteiger partial charge in [0.2, 0.25) is 17.7 Å². The standard InChI is InChI=1S/C18H24N4O3/c1-10(2)7-12(19)16(24)22-9-18(8-14(22)15(20)23)11-5-3-4-6-13(11)21-17(18)25/h3-6,10,12,14H,7-9,19H2,1-2H3,(H2,20,23)(H,21,25)/t12-,14?,18-/m0/s1. The summed E-state index contributed by atoms with van der Waals surface area (Å²) in [6, 6.07) is 5.80. The summed E-state index contributed by atoms with van der Waals surface area (Å²) in [5, 5.41) is 2.85. The first-order chi connectivity index (χ1) is 11.8. The first kappa shape index (κ1) is 17.4. The Balaban J connectivity index is 1.95. The van der Waals surface area contributed by atoms with Gasteiger partial charge in [0.1, 0.15) is 6.04 Å². The zero-order chi connectivity index (χ0) is 18.4. The Kier molecular flexibility index (Phi) is 4.28. The molecule has 1 spiro atoms. The van der Waals surface area contributed by atoms with Gasteiger partial charge in [-0.05, 0) is 30.4 Å². The summed E-state index contributed by atoms with van der Waals surface area (Å²) in [6.45, 7) is 4.07. The number of carbonyl (C=O) groups is 3. The van der Waals surface area contributed by atoms with Crippen molar-refractivity contribution in [2.75, 3.05) is 11.9 Å². The van der Waals surface area contributed by atoms with Gasteiger partial charge < -0.3 is 21.7 Å². The molecule has 1 aromatic carbocycles. The molecule has 0 bridgehead atoms. The van der Waals surface area contributed by atoms with E-state index in [4.69, 9.17) is 11.5 Å². The predicted octanol–water partition coefficient (Wildman–Crippen LogP) is 0.336. The van der Waals surface area contributed by atoms with E-state index < -0.39 is 23.4 Å². The molecule has 0 saturated carbocycles. The van der Waals surface area contributed by atoms with Gasteiger partial charge in [-0.3, -0.25) is 14.4 Å². The number of hydrogen-bond acceptors (Lipinski definition) is 4. The topological polar surface area (TPSA) is 119 Å². The van der Waals surface area contributed by atoms with Crippen LogP contribution in [-0.2, 0) is 19.8 Å². The molecule has 7 nitrogen and oxygen atoms in total. The molecule has 3 rings (SSSR count). The number of carbonyl (C=O) groups excluding carboxylic acids is 3. The molecule has 1 aromatic rings. The maximum atomic E-state index is 12.8. The van der Waals surface area contributed by atoms with E-state index in [0.29, 0.717) is 6.42 Å². The molecule has 134 valence electrons. The van der Waals surface area contributed by atoms with Crippen LogP contribution in [0.2, 0.25) is 0 Å². The highest BCUT2D eigenvalue weighted by atomic mass is 16.2. The van der Waals surface area contributed by atoms with Crippen LogP contribution in [0.4, 0.5) is 5.69 Å². The van der Waals surface area contributed by atoms with Crippen molar-refractivity contribution in [2.24, 2.45) is 17.4 Å². The number of nitrogens with two attached hydrogens (primary N) is 2. The Labute approximate surface area is 146 Å². The second-order valence-corrected chi connectivity index (χ2v) is 7.41. The van der Waals surface area contributed by atoms with Gasteiger partial charge in [0.05, 0.1) is 11.5 Å². The van der Waals surface area contributed by atoms with E-state index in [1.807, 2.05) is 38.1 Å². The van der Waals surface area contributed by atoms with Gasteiger partial charge in [-0.25, -0.2) is 0 Å². The average Bonchev–Trinajstić information content (AvgIpc) is 3.07. The van der Waals surface area contributed by atoms with Gasteiger partial charge in [-0.2, -0.15) is 0 Å². The molecular weight excluding hydrogens is 320 g/mol.